The van der Waals surface area contributed by atoms with Crippen LogP contribution < -0.4 is 5.32 Å². The van der Waals surface area contributed by atoms with Crippen molar-refractivity contribution in [3.05, 3.63) is 45.9 Å². The average Bonchev–Trinajstić information content (AvgIpc) is 3.08. The number of aryl methyl sites for hydroxylation is 1. The fourth-order valence-electron chi connectivity index (χ4n) is 4.34. The second-order valence-electron chi connectivity index (χ2n) is 9.18. The molecule has 1 aromatic carbocycles. The highest BCUT2D eigenvalue weighted by Crippen LogP contribution is 2.63. The van der Waals surface area contributed by atoms with Crippen LogP contribution in [0.4, 0.5) is 9.59 Å². The van der Waals surface area contributed by atoms with Gasteiger partial charge in [0.05, 0.1) is 5.41 Å². The first kappa shape index (κ1) is 21.5. The van der Waals surface area contributed by atoms with Crippen molar-refractivity contribution in [2.45, 2.75) is 45.3 Å². The number of carbonyl (C=O) groups excluding carboxylic acids is 2. The molecule has 2 heterocycles. The van der Waals surface area contributed by atoms with E-state index in [4.69, 9.17) is 9.47 Å². The number of amides is 2. The highest BCUT2D eigenvalue weighted by Gasteiger charge is 2.71. The molecular formula is C22H28N4O4S. The van der Waals surface area contributed by atoms with E-state index in [1.54, 1.807) is 16.2 Å². The smallest absolute Gasteiger partial charge is 0.410 e. The number of carbonyl (C=O) groups is 2. The van der Waals surface area contributed by atoms with Crippen LogP contribution in [0.3, 0.4) is 0 Å². The SMILES string of the molecule is Cc1nnc([C@]2(CNC(=O)OCc3ccccc3)[C@@H]3CN(C(=O)OC(C)(C)C)C[C@@H]32)s1. The summed E-state index contributed by atoms with van der Waals surface area (Å²) in [5.41, 5.74) is 0.0980. The molecule has 31 heavy (non-hydrogen) atoms. The third kappa shape index (κ3) is 4.51. The van der Waals surface area contributed by atoms with Gasteiger partial charge in [0, 0.05) is 19.6 Å². The van der Waals surface area contributed by atoms with Gasteiger partial charge in [-0.3, -0.25) is 0 Å². The molecule has 1 N–H and O–H groups in total. The third-order valence-corrected chi connectivity index (χ3v) is 6.88. The van der Waals surface area contributed by atoms with Crippen LogP contribution in [-0.4, -0.2) is 52.5 Å². The number of nitrogens with zero attached hydrogens (tertiary/aromatic N) is 3. The summed E-state index contributed by atoms with van der Waals surface area (Å²) < 4.78 is 10.9. The summed E-state index contributed by atoms with van der Waals surface area (Å²) in [6, 6.07) is 9.56. The molecule has 0 bridgehead atoms. The molecule has 166 valence electrons. The van der Waals surface area contributed by atoms with E-state index in [-0.39, 0.29) is 30.0 Å². The number of rotatable bonds is 5. The van der Waals surface area contributed by atoms with Crippen LogP contribution >= 0.6 is 11.3 Å². The van der Waals surface area contributed by atoms with E-state index in [1.807, 2.05) is 58.0 Å². The van der Waals surface area contributed by atoms with Crippen LogP contribution in [0, 0.1) is 18.8 Å². The molecule has 0 spiro atoms. The van der Waals surface area contributed by atoms with Crippen LogP contribution in [0.5, 0.6) is 0 Å². The van der Waals surface area contributed by atoms with E-state index in [0.29, 0.717) is 19.6 Å². The van der Waals surface area contributed by atoms with Gasteiger partial charge >= 0.3 is 12.2 Å². The number of alkyl carbamates (subject to hydrolysis) is 1. The highest BCUT2D eigenvalue weighted by molar-refractivity contribution is 7.11. The maximum Gasteiger partial charge on any atom is 0.410 e. The molecule has 0 radical (unpaired) electrons. The van der Waals surface area contributed by atoms with Crippen LogP contribution in [0.1, 0.15) is 36.3 Å². The van der Waals surface area contributed by atoms with Crippen LogP contribution in [-0.2, 0) is 21.5 Å². The molecule has 2 amide bonds. The zero-order valence-corrected chi connectivity index (χ0v) is 19.1. The summed E-state index contributed by atoms with van der Waals surface area (Å²) >= 11 is 1.55. The largest absolute Gasteiger partial charge is 0.445 e. The van der Waals surface area contributed by atoms with Gasteiger partial charge < -0.3 is 19.7 Å². The van der Waals surface area contributed by atoms with Gasteiger partial charge in [-0.15, -0.1) is 21.5 Å². The lowest BCUT2D eigenvalue weighted by Gasteiger charge is -2.28. The molecule has 4 rings (SSSR count). The fourth-order valence-corrected chi connectivity index (χ4v) is 5.35. The van der Waals surface area contributed by atoms with E-state index in [9.17, 15) is 9.59 Å². The molecule has 1 saturated heterocycles. The maximum absolute atomic E-state index is 12.5. The molecule has 1 aliphatic carbocycles. The summed E-state index contributed by atoms with van der Waals surface area (Å²) in [7, 11) is 0. The van der Waals surface area contributed by atoms with Gasteiger partial charge in [-0.1, -0.05) is 30.3 Å². The molecule has 8 nitrogen and oxygen atoms in total. The topological polar surface area (TPSA) is 93.6 Å². The van der Waals surface area contributed by atoms with Gasteiger partial charge in [0.2, 0.25) is 0 Å². The van der Waals surface area contributed by atoms with Crippen molar-refractivity contribution in [1.29, 1.82) is 0 Å². The Morgan fingerprint density at radius 3 is 2.45 bits per heavy atom. The maximum atomic E-state index is 12.5. The molecular weight excluding hydrogens is 416 g/mol. The summed E-state index contributed by atoms with van der Waals surface area (Å²) in [6.07, 6.45) is -0.754. The number of likely N-dealkylation sites (tertiary alicyclic amines) is 1. The number of ether oxygens (including phenoxy) is 2. The average molecular weight is 445 g/mol. The number of piperidine rings is 1. The zero-order chi connectivity index (χ0) is 22.2. The predicted molar refractivity (Wildman–Crippen MR) is 116 cm³/mol. The van der Waals surface area contributed by atoms with Gasteiger partial charge in [-0.25, -0.2) is 9.59 Å². The predicted octanol–water partition coefficient (Wildman–Crippen LogP) is 3.51. The monoisotopic (exact) mass is 444 g/mol. The van der Waals surface area contributed by atoms with Crippen molar-refractivity contribution in [3.8, 4) is 0 Å². The van der Waals surface area contributed by atoms with Crippen molar-refractivity contribution in [3.63, 3.8) is 0 Å². The van der Waals surface area contributed by atoms with Crippen molar-refractivity contribution >= 4 is 23.5 Å². The Balaban J connectivity index is 1.38. The van der Waals surface area contributed by atoms with Crippen molar-refractivity contribution in [2.75, 3.05) is 19.6 Å². The molecule has 0 unspecified atom stereocenters. The first-order valence-corrected chi connectivity index (χ1v) is 11.2. The Morgan fingerprint density at radius 1 is 1.19 bits per heavy atom. The molecule has 1 aliphatic heterocycles. The second kappa shape index (κ2) is 8.11. The van der Waals surface area contributed by atoms with E-state index in [2.05, 4.69) is 15.5 Å². The highest BCUT2D eigenvalue weighted by atomic mass is 32.1. The first-order valence-electron chi connectivity index (χ1n) is 10.4. The lowest BCUT2D eigenvalue weighted by Crippen LogP contribution is -2.42. The number of hydrogen-bond donors (Lipinski definition) is 1. The van der Waals surface area contributed by atoms with Crippen molar-refractivity contribution in [2.24, 2.45) is 11.8 Å². The lowest BCUT2D eigenvalue weighted by atomic mass is 10.0. The molecule has 2 aromatic rings. The standard InChI is InChI=1S/C22H28N4O4S/c1-14-24-25-18(31-14)22(13-23-19(27)29-12-15-8-6-5-7-9-15)16-10-26(11-17(16)22)20(28)30-21(2,3)4/h5-9,16-17H,10-13H2,1-4H3,(H,23,27)/t16-,17+,22-. The zero-order valence-electron chi connectivity index (χ0n) is 18.3. The Morgan fingerprint density at radius 2 is 1.87 bits per heavy atom. The normalized spacial score (nSPS) is 24.5. The molecule has 2 fully saturated rings. The Kier molecular flexibility index (Phi) is 5.63. The summed E-state index contributed by atoms with van der Waals surface area (Å²) in [4.78, 5) is 26.5. The van der Waals surface area contributed by atoms with Crippen molar-refractivity contribution < 1.29 is 19.1 Å². The molecule has 9 heteroatoms. The molecule has 3 atom stereocenters. The van der Waals surface area contributed by atoms with E-state index < -0.39 is 11.7 Å². The molecule has 1 aromatic heterocycles. The number of nitrogens with one attached hydrogen (secondary N) is 1. The van der Waals surface area contributed by atoms with Gasteiger partial charge in [-0.2, -0.15) is 0 Å². The van der Waals surface area contributed by atoms with Crippen LogP contribution in [0.2, 0.25) is 0 Å². The Labute approximate surface area is 185 Å². The minimum absolute atomic E-state index is 0.210. The van der Waals surface area contributed by atoms with E-state index >= 15 is 0 Å². The second-order valence-corrected chi connectivity index (χ2v) is 10.4. The molecule has 2 aliphatic rings. The fraction of sp³-hybridized carbons (Fsp3) is 0.545. The van der Waals surface area contributed by atoms with E-state index in [1.165, 1.54) is 0 Å². The minimum Gasteiger partial charge on any atom is -0.445 e. The Hall–Kier alpha value is -2.68. The van der Waals surface area contributed by atoms with Gasteiger partial charge in [0.25, 0.3) is 0 Å². The van der Waals surface area contributed by atoms with Gasteiger partial charge in [-0.05, 0) is 45.1 Å². The lowest BCUT2D eigenvalue weighted by molar-refractivity contribution is 0.0260. The van der Waals surface area contributed by atoms with E-state index in [0.717, 1.165) is 15.6 Å². The number of fused-ring (bicyclic) bond motifs is 1. The summed E-state index contributed by atoms with van der Waals surface area (Å²) in [6.45, 7) is 9.30. The minimum atomic E-state index is -0.526. The number of hydrogen-bond acceptors (Lipinski definition) is 7. The van der Waals surface area contributed by atoms with Crippen LogP contribution in [0.25, 0.3) is 0 Å². The first-order chi connectivity index (χ1) is 14.7. The third-order valence-electron chi connectivity index (χ3n) is 5.85. The number of benzene rings is 1. The van der Waals surface area contributed by atoms with Crippen molar-refractivity contribution in [1.82, 2.24) is 20.4 Å². The summed E-state index contributed by atoms with van der Waals surface area (Å²) in [5, 5.41) is 13.3. The molecule has 1 saturated carbocycles. The van der Waals surface area contributed by atoms with Gasteiger partial charge in [0.15, 0.2) is 0 Å². The Bertz CT molecular complexity index is 944. The quantitative estimate of drug-likeness (QED) is 0.759. The van der Waals surface area contributed by atoms with Crippen LogP contribution in [0.15, 0.2) is 30.3 Å². The number of aromatic nitrogens is 2. The summed E-state index contributed by atoms with van der Waals surface area (Å²) in [5.74, 6) is 0.420. The van der Waals surface area contributed by atoms with Gasteiger partial charge in [0.1, 0.15) is 22.2 Å².